The molecule has 1 heterocycles. The number of rotatable bonds is 5. The van der Waals surface area contributed by atoms with Crippen LogP contribution in [-0.4, -0.2) is 25.9 Å². The van der Waals surface area contributed by atoms with Crippen molar-refractivity contribution in [2.45, 2.75) is 50.5 Å². The van der Waals surface area contributed by atoms with Gasteiger partial charge >= 0.3 is 0 Å². The monoisotopic (exact) mass is 333 g/mol. The van der Waals surface area contributed by atoms with Gasteiger partial charge in [-0.1, -0.05) is 13.0 Å². The molecule has 1 fully saturated rings. The highest BCUT2D eigenvalue weighted by Crippen LogP contribution is 2.30. The first kappa shape index (κ1) is 17.3. The van der Waals surface area contributed by atoms with Crippen LogP contribution in [-0.2, 0) is 14.8 Å². The highest BCUT2D eigenvalue weighted by Gasteiger charge is 2.40. The zero-order valence-corrected chi connectivity index (χ0v) is 13.7. The maximum absolute atomic E-state index is 13.9. The van der Waals surface area contributed by atoms with E-state index in [-0.39, 0.29) is 12.2 Å². The topological polar surface area (TPSA) is 55.4 Å². The molecule has 0 saturated carbocycles. The van der Waals surface area contributed by atoms with E-state index in [4.69, 9.17) is 4.74 Å². The van der Waals surface area contributed by atoms with Crippen LogP contribution in [0.4, 0.5) is 8.78 Å². The first-order valence-corrected chi connectivity index (χ1v) is 8.79. The molecule has 1 aromatic carbocycles. The molecule has 1 aromatic rings. The quantitative estimate of drug-likeness (QED) is 0.901. The lowest BCUT2D eigenvalue weighted by molar-refractivity contribution is 0.0367. The van der Waals surface area contributed by atoms with Crippen molar-refractivity contribution in [3.8, 4) is 0 Å². The van der Waals surface area contributed by atoms with Gasteiger partial charge in [0.2, 0.25) is 10.0 Å². The van der Waals surface area contributed by atoms with Gasteiger partial charge in [-0.05, 0) is 32.8 Å². The number of sulfonamides is 1. The minimum absolute atomic E-state index is 0.116. The average Bonchev–Trinajstić information content (AvgIpc) is 2.78. The summed E-state index contributed by atoms with van der Waals surface area (Å²) in [6, 6.07) is 2.43. The molecule has 1 aliphatic rings. The largest absolute Gasteiger partial charge is 0.374 e. The SMILES string of the molecule is CCC(NS(=O)(=O)C1COC(C)(C)C1)c1ccc(F)cc1F. The van der Waals surface area contributed by atoms with Crippen LogP contribution in [0.1, 0.15) is 45.2 Å². The van der Waals surface area contributed by atoms with E-state index >= 15 is 0 Å². The molecule has 22 heavy (non-hydrogen) atoms. The van der Waals surface area contributed by atoms with Crippen molar-refractivity contribution in [3.63, 3.8) is 0 Å². The van der Waals surface area contributed by atoms with Gasteiger partial charge in [-0.2, -0.15) is 0 Å². The highest BCUT2D eigenvalue weighted by atomic mass is 32.2. The highest BCUT2D eigenvalue weighted by molar-refractivity contribution is 7.90. The van der Waals surface area contributed by atoms with Gasteiger partial charge < -0.3 is 4.74 Å². The molecular weight excluding hydrogens is 312 g/mol. The summed E-state index contributed by atoms with van der Waals surface area (Å²) in [4.78, 5) is 0. The Labute approximate surface area is 129 Å². The minimum atomic E-state index is -3.65. The Morgan fingerprint density at radius 2 is 2.09 bits per heavy atom. The summed E-state index contributed by atoms with van der Waals surface area (Å²) in [5, 5.41) is -0.667. The zero-order valence-electron chi connectivity index (χ0n) is 12.9. The number of ether oxygens (including phenoxy) is 1. The van der Waals surface area contributed by atoms with E-state index in [0.29, 0.717) is 12.8 Å². The van der Waals surface area contributed by atoms with Crippen molar-refractivity contribution in [3.05, 3.63) is 35.4 Å². The van der Waals surface area contributed by atoms with Gasteiger partial charge in [0.05, 0.1) is 12.2 Å². The van der Waals surface area contributed by atoms with Crippen LogP contribution in [0.3, 0.4) is 0 Å². The molecule has 0 aliphatic carbocycles. The summed E-state index contributed by atoms with van der Waals surface area (Å²) in [5.41, 5.74) is -0.340. The van der Waals surface area contributed by atoms with Gasteiger partial charge in [-0.25, -0.2) is 21.9 Å². The maximum Gasteiger partial charge on any atom is 0.217 e. The molecule has 0 amide bonds. The molecule has 0 bridgehead atoms. The second-order valence-corrected chi connectivity index (χ2v) is 8.18. The second-order valence-electron chi connectivity index (χ2n) is 6.19. The molecule has 1 aliphatic heterocycles. The summed E-state index contributed by atoms with van der Waals surface area (Å²) in [7, 11) is -3.65. The third-order valence-electron chi connectivity index (χ3n) is 3.87. The number of halogens is 2. The summed E-state index contributed by atoms with van der Waals surface area (Å²) in [6.07, 6.45) is 0.740. The van der Waals surface area contributed by atoms with Gasteiger partial charge in [0.25, 0.3) is 0 Å². The molecule has 4 nitrogen and oxygen atoms in total. The van der Waals surface area contributed by atoms with Crippen LogP contribution in [0, 0.1) is 11.6 Å². The van der Waals surface area contributed by atoms with E-state index in [0.717, 1.165) is 12.1 Å². The number of benzene rings is 1. The van der Waals surface area contributed by atoms with Gasteiger partial charge in [0.15, 0.2) is 0 Å². The number of nitrogens with one attached hydrogen (secondary N) is 1. The molecule has 0 aromatic heterocycles. The van der Waals surface area contributed by atoms with Crippen molar-refractivity contribution in [2.24, 2.45) is 0 Å². The lowest BCUT2D eigenvalue weighted by Crippen LogP contribution is -2.37. The van der Waals surface area contributed by atoms with Crippen molar-refractivity contribution < 1.29 is 21.9 Å². The third-order valence-corrected chi connectivity index (χ3v) is 5.66. The molecule has 7 heteroatoms. The van der Waals surface area contributed by atoms with Crippen LogP contribution in [0.2, 0.25) is 0 Å². The first-order chi connectivity index (χ1) is 10.1. The molecule has 2 rings (SSSR count). The van der Waals surface area contributed by atoms with Crippen LogP contribution in [0.15, 0.2) is 18.2 Å². The fraction of sp³-hybridized carbons (Fsp3) is 0.600. The Kier molecular flexibility index (Phi) is 4.89. The predicted octanol–water partition coefficient (Wildman–Crippen LogP) is 2.90. The van der Waals surface area contributed by atoms with E-state index < -0.39 is 38.6 Å². The fourth-order valence-corrected chi connectivity index (χ4v) is 4.38. The molecule has 2 unspecified atom stereocenters. The lowest BCUT2D eigenvalue weighted by atomic mass is 10.1. The Morgan fingerprint density at radius 3 is 2.59 bits per heavy atom. The van der Waals surface area contributed by atoms with Gasteiger partial charge in [-0.3, -0.25) is 0 Å². The molecular formula is C15H21F2NO3S. The maximum atomic E-state index is 13.9. The Bertz CT molecular complexity index is 646. The lowest BCUT2D eigenvalue weighted by Gasteiger charge is -2.21. The van der Waals surface area contributed by atoms with Gasteiger partial charge in [0, 0.05) is 17.7 Å². The van der Waals surface area contributed by atoms with E-state index in [1.54, 1.807) is 6.92 Å². The molecule has 124 valence electrons. The molecule has 1 saturated heterocycles. The third kappa shape index (κ3) is 3.83. The predicted molar refractivity (Wildman–Crippen MR) is 79.9 cm³/mol. The first-order valence-electron chi connectivity index (χ1n) is 7.24. The van der Waals surface area contributed by atoms with Crippen molar-refractivity contribution in [1.29, 1.82) is 0 Å². The second kappa shape index (κ2) is 6.22. The summed E-state index contributed by atoms with van der Waals surface area (Å²) in [6.45, 7) is 5.52. The minimum Gasteiger partial charge on any atom is -0.374 e. The Balaban J connectivity index is 2.19. The molecule has 0 spiro atoms. The van der Waals surface area contributed by atoms with Crippen LogP contribution < -0.4 is 4.72 Å². The standard InChI is InChI=1S/C15H21F2NO3S/c1-4-14(12-6-5-10(16)7-13(12)17)18-22(19,20)11-8-15(2,3)21-9-11/h5-7,11,14,18H,4,8-9H2,1-3H3. The number of hydrogen-bond acceptors (Lipinski definition) is 3. The van der Waals surface area contributed by atoms with E-state index in [1.807, 2.05) is 13.8 Å². The molecule has 2 atom stereocenters. The summed E-state index contributed by atoms with van der Waals surface area (Å²) in [5.74, 6) is -1.44. The Morgan fingerprint density at radius 1 is 1.41 bits per heavy atom. The van der Waals surface area contributed by atoms with Crippen LogP contribution in [0.5, 0.6) is 0 Å². The van der Waals surface area contributed by atoms with Gasteiger partial charge in [-0.15, -0.1) is 0 Å². The van der Waals surface area contributed by atoms with Crippen LogP contribution >= 0.6 is 0 Å². The molecule has 1 N–H and O–H groups in total. The number of hydrogen-bond donors (Lipinski definition) is 1. The average molecular weight is 333 g/mol. The van der Waals surface area contributed by atoms with E-state index in [2.05, 4.69) is 4.72 Å². The van der Waals surface area contributed by atoms with E-state index in [1.165, 1.54) is 6.07 Å². The zero-order chi connectivity index (χ0) is 16.5. The fourth-order valence-electron chi connectivity index (χ4n) is 2.63. The summed E-state index contributed by atoms with van der Waals surface area (Å²) >= 11 is 0. The van der Waals surface area contributed by atoms with Crippen molar-refractivity contribution in [2.75, 3.05) is 6.61 Å². The van der Waals surface area contributed by atoms with Crippen molar-refractivity contribution >= 4 is 10.0 Å². The Hall–Kier alpha value is -1.05. The van der Waals surface area contributed by atoms with Crippen LogP contribution in [0.25, 0.3) is 0 Å². The normalized spacial score (nSPS) is 22.7. The summed E-state index contributed by atoms with van der Waals surface area (Å²) < 4.78 is 59.7. The van der Waals surface area contributed by atoms with Gasteiger partial charge in [0.1, 0.15) is 16.9 Å². The smallest absolute Gasteiger partial charge is 0.217 e. The van der Waals surface area contributed by atoms with E-state index in [9.17, 15) is 17.2 Å². The molecule has 0 radical (unpaired) electrons. The van der Waals surface area contributed by atoms with Crippen molar-refractivity contribution in [1.82, 2.24) is 4.72 Å².